The largest absolute Gasteiger partial charge is 0.494 e. The Bertz CT molecular complexity index is 936. The summed E-state index contributed by atoms with van der Waals surface area (Å²) in [5, 5.41) is 11.9. The molecule has 0 amide bonds. The third kappa shape index (κ3) is 2.01. The average molecular weight is 283 g/mol. The number of benzene rings is 1. The molecule has 0 aliphatic heterocycles. The van der Waals surface area contributed by atoms with Gasteiger partial charge in [0.1, 0.15) is 0 Å². The van der Waals surface area contributed by atoms with E-state index in [-0.39, 0.29) is 11.4 Å². The van der Waals surface area contributed by atoms with Gasteiger partial charge in [0.2, 0.25) is 5.88 Å². The first kappa shape index (κ1) is 13.1. The van der Waals surface area contributed by atoms with E-state index in [2.05, 4.69) is 9.97 Å². The second kappa shape index (κ2) is 4.90. The summed E-state index contributed by atoms with van der Waals surface area (Å²) >= 11 is 0. The number of aromatic nitrogens is 3. The Morgan fingerprint density at radius 3 is 2.86 bits per heavy atom. The smallest absolute Gasteiger partial charge is 0.335 e. The zero-order valence-electron chi connectivity index (χ0n) is 11.3. The highest BCUT2D eigenvalue weighted by molar-refractivity contribution is 5.89. The fourth-order valence-electron chi connectivity index (χ4n) is 2.40. The number of nitrogens with zero attached hydrogens (tertiary/aromatic N) is 2. The van der Waals surface area contributed by atoms with E-state index in [0.29, 0.717) is 12.1 Å². The zero-order chi connectivity index (χ0) is 15.0. The van der Waals surface area contributed by atoms with E-state index in [1.165, 1.54) is 0 Å². The molecule has 0 aliphatic carbocycles. The molecule has 106 valence electrons. The minimum absolute atomic E-state index is 0.181. The second-order valence-corrected chi connectivity index (χ2v) is 4.62. The molecule has 3 aromatic rings. The Labute approximate surface area is 119 Å². The summed E-state index contributed by atoms with van der Waals surface area (Å²) < 4.78 is 1.11. The summed E-state index contributed by atoms with van der Waals surface area (Å²) in [6.07, 6.45) is 3.61. The molecule has 0 fully saturated rings. The molecule has 6 heteroatoms. The maximum atomic E-state index is 12.1. The van der Waals surface area contributed by atoms with Crippen molar-refractivity contribution in [2.45, 2.75) is 13.3 Å². The Morgan fingerprint density at radius 2 is 2.10 bits per heavy atom. The quantitative estimate of drug-likeness (QED) is 0.743. The van der Waals surface area contributed by atoms with E-state index in [1.54, 1.807) is 37.5 Å². The van der Waals surface area contributed by atoms with Crippen LogP contribution in [-0.4, -0.2) is 19.6 Å². The third-order valence-electron chi connectivity index (χ3n) is 3.43. The van der Waals surface area contributed by atoms with Crippen molar-refractivity contribution in [3.8, 4) is 11.6 Å². The van der Waals surface area contributed by atoms with Crippen LogP contribution in [0.5, 0.6) is 5.88 Å². The molecule has 0 atom stereocenters. The van der Waals surface area contributed by atoms with Gasteiger partial charge in [0, 0.05) is 23.2 Å². The van der Waals surface area contributed by atoms with E-state index < -0.39 is 11.2 Å². The lowest BCUT2D eigenvalue weighted by molar-refractivity contribution is 0.424. The standard InChI is InChI=1S/C15H13N3O3/c1-2-10-13(19)17-15(21)18(14(10)20)12-5-3-4-9-8-16-7-6-11(9)12/h3-8,20H,2H2,1H3,(H,17,19,21). The van der Waals surface area contributed by atoms with E-state index in [1.807, 2.05) is 6.07 Å². The summed E-state index contributed by atoms with van der Waals surface area (Å²) in [4.78, 5) is 30.1. The number of pyridine rings is 1. The number of rotatable bonds is 2. The van der Waals surface area contributed by atoms with Crippen LogP contribution in [0.2, 0.25) is 0 Å². The average Bonchev–Trinajstić information content (AvgIpc) is 2.47. The van der Waals surface area contributed by atoms with Crippen molar-refractivity contribution in [2.75, 3.05) is 0 Å². The minimum atomic E-state index is -0.668. The van der Waals surface area contributed by atoms with Gasteiger partial charge < -0.3 is 5.11 Å². The van der Waals surface area contributed by atoms with Crippen LogP contribution in [0, 0.1) is 0 Å². The molecule has 0 aliphatic rings. The molecule has 2 N–H and O–H groups in total. The highest BCUT2D eigenvalue weighted by atomic mass is 16.3. The molecule has 0 bridgehead atoms. The van der Waals surface area contributed by atoms with Crippen molar-refractivity contribution in [3.63, 3.8) is 0 Å². The van der Waals surface area contributed by atoms with Crippen molar-refractivity contribution < 1.29 is 5.11 Å². The first-order valence-corrected chi connectivity index (χ1v) is 6.53. The van der Waals surface area contributed by atoms with E-state index in [9.17, 15) is 14.7 Å². The summed E-state index contributed by atoms with van der Waals surface area (Å²) in [6.45, 7) is 1.74. The Balaban J connectivity index is 2.44. The fraction of sp³-hybridized carbons (Fsp3) is 0.133. The lowest BCUT2D eigenvalue weighted by Crippen LogP contribution is -2.31. The van der Waals surface area contributed by atoms with Crippen LogP contribution in [0.15, 0.2) is 46.2 Å². The minimum Gasteiger partial charge on any atom is -0.494 e. The third-order valence-corrected chi connectivity index (χ3v) is 3.43. The predicted molar refractivity (Wildman–Crippen MR) is 79.0 cm³/mol. The summed E-state index contributed by atoms with van der Waals surface area (Å²) in [5.74, 6) is -0.324. The van der Waals surface area contributed by atoms with Gasteiger partial charge in [0.25, 0.3) is 5.56 Å². The van der Waals surface area contributed by atoms with Crippen LogP contribution in [0.25, 0.3) is 16.5 Å². The van der Waals surface area contributed by atoms with Gasteiger partial charge in [-0.05, 0) is 18.6 Å². The molecule has 21 heavy (non-hydrogen) atoms. The van der Waals surface area contributed by atoms with Gasteiger partial charge in [0.05, 0.1) is 11.3 Å². The molecular formula is C15H13N3O3. The first-order valence-electron chi connectivity index (χ1n) is 6.53. The number of aromatic amines is 1. The number of aromatic hydroxyl groups is 1. The van der Waals surface area contributed by atoms with Crippen LogP contribution in [0.4, 0.5) is 0 Å². The molecule has 3 rings (SSSR count). The van der Waals surface area contributed by atoms with E-state index in [0.717, 1.165) is 15.3 Å². The van der Waals surface area contributed by atoms with Gasteiger partial charge in [-0.3, -0.25) is 14.8 Å². The van der Waals surface area contributed by atoms with Crippen LogP contribution >= 0.6 is 0 Å². The number of hydrogen-bond acceptors (Lipinski definition) is 4. The number of H-pyrrole nitrogens is 1. The fourth-order valence-corrected chi connectivity index (χ4v) is 2.40. The lowest BCUT2D eigenvalue weighted by atomic mass is 10.1. The Hall–Kier alpha value is -2.89. The highest BCUT2D eigenvalue weighted by Crippen LogP contribution is 2.24. The molecule has 0 unspecified atom stereocenters. The van der Waals surface area contributed by atoms with Crippen molar-refractivity contribution in [3.05, 3.63) is 63.1 Å². The molecule has 0 saturated heterocycles. The maximum absolute atomic E-state index is 12.1. The molecule has 0 radical (unpaired) electrons. The van der Waals surface area contributed by atoms with Gasteiger partial charge >= 0.3 is 5.69 Å². The molecule has 2 aromatic heterocycles. The SMILES string of the molecule is CCc1c(O)n(-c2cccc3cnccc23)c(=O)[nH]c1=O. The molecule has 6 nitrogen and oxygen atoms in total. The Kier molecular flexibility index (Phi) is 3.06. The van der Waals surface area contributed by atoms with Crippen molar-refractivity contribution in [1.82, 2.24) is 14.5 Å². The van der Waals surface area contributed by atoms with Gasteiger partial charge in [-0.25, -0.2) is 9.36 Å². The van der Waals surface area contributed by atoms with Crippen molar-refractivity contribution in [1.29, 1.82) is 0 Å². The number of hydrogen-bond donors (Lipinski definition) is 2. The normalized spacial score (nSPS) is 10.9. The van der Waals surface area contributed by atoms with Crippen molar-refractivity contribution in [2.24, 2.45) is 0 Å². The monoisotopic (exact) mass is 283 g/mol. The van der Waals surface area contributed by atoms with Gasteiger partial charge in [0.15, 0.2) is 0 Å². The molecule has 0 saturated carbocycles. The van der Waals surface area contributed by atoms with Crippen LogP contribution in [-0.2, 0) is 6.42 Å². The second-order valence-electron chi connectivity index (χ2n) is 4.62. The topological polar surface area (TPSA) is 88.0 Å². The first-order chi connectivity index (χ1) is 10.1. The predicted octanol–water partition coefficient (Wildman–Crippen LogP) is 1.34. The Morgan fingerprint density at radius 1 is 1.29 bits per heavy atom. The summed E-state index contributed by atoms with van der Waals surface area (Å²) in [5.41, 5.74) is -0.541. The zero-order valence-corrected chi connectivity index (χ0v) is 11.3. The summed E-state index contributed by atoms with van der Waals surface area (Å²) in [7, 11) is 0. The highest BCUT2D eigenvalue weighted by Gasteiger charge is 2.15. The van der Waals surface area contributed by atoms with E-state index >= 15 is 0 Å². The van der Waals surface area contributed by atoms with Crippen LogP contribution < -0.4 is 11.2 Å². The molecule has 1 aromatic carbocycles. The van der Waals surface area contributed by atoms with Crippen LogP contribution in [0.3, 0.4) is 0 Å². The van der Waals surface area contributed by atoms with Gasteiger partial charge in [-0.1, -0.05) is 19.1 Å². The lowest BCUT2D eigenvalue weighted by Gasteiger charge is -2.12. The maximum Gasteiger partial charge on any atom is 0.335 e. The molecular weight excluding hydrogens is 270 g/mol. The molecule has 0 spiro atoms. The van der Waals surface area contributed by atoms with Crippen molar-refractivity contribution >= 4 is 10.8 Å². The van der Waals surface area contributed by atoms with Gasteiger partial charge in [-0.15, -0.1) is 0 Å². The van der Waals surface area contributed by atoms with E-state index in [4.69, 9.17) is 0 Å². The van der Waals surface area contributed by atoms with Gasteiger partial charge in [-0.2, -0.15) is 0 Å². The summed E-state index contributed by atoms with van der Waals surface area (Å²) in [6, 6.07) is 7.09. The molecule has 2 heterocycles. The number of fused-ring (bicyclic) bond motifs is 1. The number of nitrogens with one attached hydrogen (secondary N) is 1. The van der Waals surface area contributed by atoms with Crippen LogP contribution in [0.1, 0.15) is 12.5 Å².